The molecule has 0 saturated heterocycles. The molecule has 0 fully saturated rings. The molecule has 2 unspecified atom stereocenters. The van der Waals surface area contributed by atoms with Gasteiger partial charge in [0.2, 0.25) is 5.91 Å². The summed E-state index contributed by atoms with van der Waals surface area (Å²) >= 11 is 0. The van der Waals surface area contributed by atoms with Crippen molar-refractivity contribution in [3.63, 3.8) is 0 Å². The van der Waals surface area contributed by atoms with E-state index in [1.165, 1.54) is 0 Å². The van der Waals surface area contributed by atoms with Crippen LogP contribution in [0.15, 0.2) is 60.7 Å². The largest absolute Gasteiger partial charge is 0.444 e. The molecule has 2 atom stereocenters. The summed E-state index contributed by atoms with van der Waals surface area (Å²) in [6.07, 6.45) is 3.08. The standard InChI is InChI=1S/C34H45N3O4/c1-8-9-10-13-21-37(32(39)25(4)35-33(40)41-34(5,6)7)30(29-23(2)15-14-16-24(29)3)31(38)36-28-20-19-26-17-11-12-18-27(26)22-28/h11-12,14-20,22,25,30H,8-10,13,21H2,1-7H3,(H,35,40)(H,36,38). The Morgan fingerprint density at radius 3 is 2.17 bits per heavy atom. The van der Waals surface area contributed by atoms with E-state index in [9.17, 15) is 14.4 Å². The number of aryl methyl sites for hydroxylation is 2. The van der Waals surface area contributed by atoms with Gasteiger partial charge < -0.3 is 20.3 Å². The molecule has 3 aromatic rings. The maximum Gasteiger partial charge on any atom is 0.408 e. The van der Waals surface area contributed by atoms with Gasteiger partial charge in [-0.25, -0.2) is 4.79 Å². The number of hydrogen-bond acceptors (Lipinski definition) is 4. The third kappa shape index (κ3) is 8.81. The smallest absolute Gasteiger partial charge is 0.408 e. The van der Waals surface area contributed by atoms with Gasteiger partial charge in [0.05, 0.1) is 0 Å². The Morgan fingerprint density at radius 2 is 1.54 bits per heavy atom. The van der Waals surface area contributed by atoms with Crippen LogP contribution in [-0.4, -0.2) is 41.0 Å². The Balaban J connectivity index is 2.01. The van der Waals surface area contributed by atoms with E-state index in [1.54, 1.807) is 32.6 Å². The predicted molar refractivity (Wildman–Crippen MR) is 166 cm³/mol. The molecule has 2 N–H and O–H groups in total. The minimum absolute atomic E-state index is 0.300. The molecule has 3 amide bonds. The molecule has 0 aliphatic carbocycles. The summed E-state index contributed by atoms with van der Waals surface area (Å²) in [5, 5.41) is 7.85. The molecular formula is C34H45N3O4. The Kier molecular flexibility index (Phi) is 10.9. The number of unbranched alkanes of at least 4 members (excludes halogenated alkanes) is 3. The molecule has 0 aliphatic rings. The fourth-order valence-corrected chi connectivity index (χ4v) is 5.04. The minimum atomic E-state index is -0.892. The topological polar surface area (TPSA) is 87.7 Å². The number of amides is 3. The van der Waals surface area contributed by atoms with Crippen LogP contribution in [0.2, 0.25) is 0 Å². The first kappa shape index (κ1) is 31.7. The van der Waals surface area contributed by atoms with Gasteiger partial charge in [-0.2, -0.15) is 0 Å². The molecule has 0 saturated carbocycles. The number of hydrogen-bond donors (Lipinski definition) is 2. The Morgan fingerprint density at radius 1 is 0.878 bits per heavy atom. The van der Waals surface area contributed by atoms with E-state index in [2.05, 4.69) is 17.6 Å². The summed E-state index contributed by atoms with van der Waals surface area (Å²) < 4.78 is 5.40. The lowest BCUT2D eigenvalue weighted by atomic mass is 9.93. The van der Waals surface area contributed by atoms with Crippen molar-refractivity contribution in [3.05, 3.63) is 77.4 Å². The summed E-state index contributed by atoms with van der Waals surface area (Å²) in [5.41, 5.74) is 2.58. The van der Waals surface area contributed by atoms with E-state index in [-0.39, 0.29) is 11.8 Å². The van der Waals surface area contributed by atoms with Crippen molar-refractivity contribution in [3.8, 4) is 0 Å². The lowest BCUT2D eigenvalue weighted by molar-refractivity contribution is -0.140. The van der Waals surface area contributed by atoms with Gasteiger partial charge >= 0.3 is 6.09 Å². The van der Waals surface area contributed by atoms with E-state index in [4.69, 9.17) is 4.74 Å². The molecule has 220 valence electrons. The Labute approximate surface area is 244 Å². The van der Waals surface area contributed by atoms with Gasteiger partial charge in [-0.05, 0) is 87.6 Å². The summed E-state index contributed by atoms with van der Waals surface area (Å²) in [4.78, 5) is 42.4. The number of carbonyl (C=O) groups excluding carboxylic acids is 3. The second-order valence-corrected chi connectivity index (χ2v) is 11.7. The number of fused-ring (bicyclic) bond motifs is 1. The van der Waals surface area contributed by atoms with Crippen LogP contribution >= 0.6 is 0 Å². The second kappa shape index (κ2) is 14.2. The monoisotopic (exact) mass is 559 g/mol. The van der Waals surface area contributed by atoms with Crippen LogP contribution in [0.5, 0.6) is 0 Å². The van der Waals surface area contributed by atoms with Crippen LogP contribution in [-0.2, 0) is 14.3 Å². The highest BCUT2D eigenvalue weighted by atomic mass is 16.6. The van der Waals surface area contributed by atoms with Crippen LogP contribution < -0.4 is 10.6 Å². The van der Waals surface area contributed by atoms with Crippen LogP contribution in [0.4, 0.5) is 10.5 Å². The van der Waals surface area contributed by atoms with Crippen molar-refractivity contribution < 1.29 is 19.1 Å². The second-order valence-electron chi connectivity index (χ2n) is 11.7. The first-order chi connectivity index (χ1) is 19.4. The third-order valence-corrected chi connectivity index (χ3v) is 7.03. The van der Waals surface area contributed by atoms with Crippen molar-refractivity contribution in [1.82, 2.24) is 10.2 Å². The van der Waals surface area contributed by atoms with E-state index in [0.717, 1.165) is 53.1 Å². The number of benzene rings is 3. The molecule has 0 heterocycles. The minimum Gasteiger partial charge on any atom is -0.444 e. The average molecular weight is 560 g/mol. The number of ether oxygens (including phenoxy) is 1. The molecular weight excluding hydrogens is 514 g/mol. The van der Waals surface area contributed by atoms with Gasteiger partial charge in [0.15, 0.2) is 0 Å². The van der Waals surface area contributed by atoms with Gasteiger partial charge in [-0.1, -0.05) is 74.7 Å². The summed E-state index contributed by atoms with van der Waals surface area (Å²) in [5.74, 6) is -0.639. The van der Waals surface area contributed by atoms with Gasteiger partial charge in [-0.15, -0.1) is 0 Å². The molecule has 41 heavy (non-hydrogen) atoms. The molecule has 0 radical (unpaired) electrons. The lowest BCUT2D eigenvalue weighted by Crippen LogP contribution is -2.51. The molecule has 0 bridgehead atoms. The molecule has 3 aromatic carbocycles. The van der Waals surface area contributed by atoms with E-state index < -0.39 is 23.8 Å². The number of nitrogens with one attached hydrogen (secondary N) is 2. The number of anilines is 1. The molecule has 0 spiro atoms. The number of nitrogens with zero attached hydrogens (tertiary/aromatic N) is 1. The van der Waals surface area contributed by atoms with Crippen molar-refractivity contribution in [2.24, 2.45) is 0 Å². The van der Waals surface area contributed by atoms with Gasteiger partial charge in [-0.3, -0.25) is 9.59 Å². The molecule has 0 aromatic heterocycles. The zero-order chi connectivity index (χ0) is 30.2. The normalized spacial score (nSPS) is 12.9. The van der Waals surface area contributed by atoms with E-state index >= 15 is 0 Å². The predicted octanol–water partition coefficient (Wildman–Crippen LogP) is 7.46. The van der Waals surface area contributed by atoms with Crippen LogP contribution in [0.3, 0.4) is 0 Å². The first-order valence-electron chi connectivity index (χ1n) is 14.6. The van der Waals surface area contributed by atoms with Gasteiger partial charge in [0.25, 0.3) is 5.91 Å². The highest BCUT2D eigenvalue weighted by Crippen LogP contribution is 2.31. The van der Waals surface area contributed by atoms with Crippen molar-refractivity contribution in [2.75, 3.05) is 11.9 Å². The maximum atomic E-state index is 14.2. The highest BCUT2D eigenvalue weighted by Gasteiger charge is 2.36. The van der Waals surface area contributed by atoms with Crippen molar-refractivity contribution in [1.29, 1.82) is 0 Å². The van der Waals surface area contributed by atoms with Gasteiger partial charge in [0, 0.05) is 12.2 Å². The fraction of sp³-hybridized carbons (Fsp3) is 0.441. The number of rotatable bonds is 11. The third-order valence-electron chi connectivity index (χ3n) is 7.03. The Bertz CT molecular complexity index is 1340. The number of alkyl carbamates (subject to hydrolysis) is 1. The van der Waals surface area contributed by atoms with Crippen LogP contribution in [0.25, 0.3) is 10.8 Å². The zero-order valence-corrected chi connectivity index (χ0v) is 25.5. The molecule has 0 aliphatic heterocycles. The SMILES string of the molecule is CCCCCCN(C(=O)C(C)NC(=O)OC(C)(C)C)C(C(=O)Nc1ccc2ccccc2c1)c1c(C)cccc1C. The van der Waals surface area contributed by atoms with Crippen molar-refractivity contribution in [2.45, 2.75) is 91.8 Å². The quantitative estimate of drug-likeness (QED) is 0.239. The maximum absolute atomic E-state index is 14.2. The zero-order valence-electron chi connectivity index (χ0n) is 25.5. The number of carbonyl (C=O) groups is 3. The highest BCUT2D eigenvalue weighted by molar-refractivity contribution is 6.00. The van der Waals surface area contributed by atoms with E-state index in [0.29, 0.717) is 12.2 Å². The van der Waals surface area contributed by atoms with Crippen LogP contribution in [0.1, 0.15) is 83.0 Å². The fourth-order valence-electron chi connectivity index (χ4n) is 5.04. The van der Waals surface area contributed by atoms with Crippen LogP contribution in [0, 0.1) is 13.8 Å². The van der Waals surface area contributed by atoms with E-state index in [1.807, 2.05) is 74.5 Å². The van der Waals surface area contributed by atoms with Crippen molar-refractivity contribution >= 4 is 34.4 Å². The average Bonchev–Trinajstić information content (AvgIpc) is 2.90. The lowest BCUT2D eigenvalue weighted by Gasteiger charge is -2.35. The molecule has 7 heteroatoms. The molecule has 7 nitrogen and oxygen atoms in total. The summed E-state index contributed by atoms with van der Waals surface area (Å²) in [6, 6.07) is 17.8. The van der Waals surface area contributed by atoms with Gasteiger partial charge in [0.1, 0.15) is 17.7 Å². The summed E-state index contributed by atoms with van der Waals surface area (Å²) in [6.45, 7) is 13.4. The Hall–Kier alpha value is -3.87. The molecule has 3 rings (SSSR count). The summed E-state index contributed by atoms with van der Waals surface area (Å²) in [7, 11) is 0. The first-order valence-corrected chi connectivity index (χ1v) is 14.6.